The summed E-state index contributed by atoms with van der Waals surface area (Å²) in [4.78, 5) is 26.5. The van der Waals surface area contributed by atoms with Crippen molar-refractivity contribution in [2.24, 2.45) is 11.7 Å². The van der Waals surface area contributed by atoms with Gasteiger partial charge in [-0.2, -0.15) is 0 Å². The highest BCUT2D eigenvalue weighted by atomic mass is 16.2. The van der Waals surface area contributed by atoms with Gasteiger partial charge < -0.3 is 10.6 Å². The number of carbonyl (C=O) groups excluding carboxylic acids is 2. The van der Waals surface area contributed by atoms with Gasteiger partial charge in [0.15, 0.2) is 5.78 Å². The molecule has 0 aromatic heterocycles. The molecule has 1 fully saturated rings. The average molecular weight is 316 g/mol. The number of rotatable bonds is 7. The summed E-state index contributed by atoms with van der Waals surface area (Å²) in [6, 6.07) is 8.00. The van der Waals surface area contributed by atoms with Crippen LogP contribution in [0.5, 0.6) is 0 Å². The first-order chi connectivity index (χ1) is 11.0. The molecule has 4 heteroatoms. The molecule has 2 rings (SSSR count). The lowest BCUT2D eigenvalue weighted by Gasteiger charge is -2.21. The number of benzene rings is 1. The summed E-state index contributed by atoms with van der Waals surface area (Å²) in [7, 11) is 0. The van der Waals surface area contributed by atoms with Crippen molar-refractivity contribution in [2.75, 3.05) is 13.1 Å². The number of ketones is 1. The molecule has 23 heavy (non-hydrogen) atoms. The van der Waals surface area contributed by atoms with Gasteiger partial charge >= 0.3 is 0 Å². The van der Waals surface area contributed by atoms with Crippen molar-refractivity contribution in [3.05, 3.63) is 35.4 Å². The Kier molecular flexibility index (Phi) is 6.34. The van der Waals surface area contributed by atoms with E-state index in [4.69, 9.17) is 5.73 Å². The SMILES string of the molecule is CCCc1ccc(C(=O)CCC(=O)N2CC(CN)CC2C)cc1. The molecule has 1 aromatic rings. The standard InChI is InChI=1S/C19H28N2O2/c1-3-4-15-5-7-17(8-6-15)18(22)9-10-19(23)21-13-16(12-20)11-14(21)2/h5-8,14,16H,3-4,9-13,20H2,1-2H3. The monoisotopic (exact) mass is 316 g/mol. The van der Waals surface area contributed by atoms with Gasteiger partial charge in [-0.15, -0.1) is 0 Å². The first kappa shape index (κ1) is 17.7. The minimum absolute atomic E-state index is 0.0450. The van der Waals surface area contributed by atoms with Crippen LogP contribution in [0.15, 0.2) is 24.3 Å². The third-order valence-corrected chi connectivity index (χ3v) is 4.70. The Balaban J connectivity index is 1.85. The van der Waals surface area contributed by atoms with Crippen LogP contribution in [0.4, 0.5) is 0 Å². The molecule has 0 radical (unpaired) electrons. The minimum Gasteiger partial charge on any atom is -0.340 e. The molecule has 1 saturated heterocycles. The van der Waals surface area contributed by atoms with E-state index in [1.54, 1.807) is 0 Å². The summed E-state index contributed by atoms with van der Waals surface area (Å²) < 4.78 is 0. The van der Waals surface area contributed by atoms with E-state index in [9.17, 15) is 9.59 Å². The fourth-order valence-electron chi connectivity index (χ4n) is 3.32. The number of likely N-dealkylation sites (tertiary alicyclic amines) is 1. The normalized spacial score (nSPS) is 20.7. The Morgan fingerprint density at radius 3 is 2.48 bits per heavy atom. The average Bonchev–Trinajstić information content (AvgIpc) is 2.94. The molecular weight excluding hydrogens is 288 g/mol. The Morgan fingerprint density at radius 2 is 1.91 bits per heavy atom. The van der Waals surface area contributed by atoms with Crippen molar-refractivity contribution in [3.63, 3.8) is 0 Å². The highest BCUT2D eigenvalue weighted by Gasteiger charge is 2.31. The third kappa shape index (κ3) is 4.64. The second-order valence-electron chi connectivity index (χ2n) is 6.60. The number of Topliss-reactive ketones (excluding diaryl/α,β-unsaturated/α-hetero) is 1. The zero-order valence-electron chi connectivity index (χ0n) is 14.3. The first-order valence-electron chi connectivity index (χ1n) is 8.66. The van der Waals surface area contributed by atoms with Crippen molar-refractivity contribution < 1.29 is 9.59 Å². The van der Waals surface area contributed by atoms with Crippen molar-refractivity contribution in [1.29, 1.82) is 0 Å². The lowest BCUT2D eigenvalue weighted by Crippen LogP contribution is -2.34. The van der Waals surface area contributed by atoms with E-state index in [1.807, 2.05) is 29.2 Å². The Labute approximate surface area is 139 Å². The highest BCUT2D eigenvalue weighted by molar-refractivity contribution is 5.98. The molecule has 1 aliphatic rings. The second kappa shape index (κ2) is 8.25. The fraction of sp³-hybridized carbons (Fsp3) is 0.579. The number of amides is 1. The van der Waals surface area contributed by atoms with Crippen molar-refractivity contribution in [1.82, 2.24) is 4.90 Å². The number of hydrogen-bond acceptors (Lipinski definition) is 3. The molecule has 1 heterocycles. The number of aryl methyl sites for hydroxylation is 1. The Hall–Kier alpha value is -1.68. The van der Waals surface area contributed by atoms with E-state index < -0.39 is 0 Å². The topological polar surface area (TPSA) is 63.4 Å². The number of carbonyl (C=O) groups is 2. The van der Waals surface area contributed by atoms with Crippen LogP contribution >= 0.6 is 0 Å². The predicted molar refractivity (Wildman–Crippen MR) is 92.3 cm³/mol. The van der Waals surface area contributed by atoms with Crippen LogP contribution in [-0.4, -0.2) is 35.7 Å². The zero-order valence-corrected chi connectivity index (χ0v) is 14.3. The third-order valence-electron chi connectivity index (χ3n) is 4.70. The highest BCUT2D eigenvalue weighted by Crippen LogP contribution is 2.23. The maximum atomic E-state index is 12.3. The molecule has 1 aromatic carbocycles. The fourth-order valence-corrected chi connectivity index (χ4v) is 3.32. The molecule has 2 N–H and O–H groups in total. The maximum Gasteiger partial charge on any atom is 0.223 e. The Morgan fingerprint density at radius 1 is 1.22 bits per heavy atom. The van der Waals surface area contributed by atoms with Gasteiger partial charge in [0.05, 0.1) is 0 Å². The molecule has 1 aliphatic heterocycles. The number of hydrogen-bond donors (Lipinski definition) is 1. The van der Waals surface area contributed by atoms with Gasteiger partial charge in [-0.3, -0.25) is 9.59 Å². The van der Waals surface area contributed by atoms with Crippen LogP contribution in [-0.2, 0) is 11.2 Å². The molecular formula is C19H28N2O2. The molecule has 1 amide bonds. The van der Waals surface area contributed by atoms with Gasteiger partial charge in [0, 0.05) is 31.0 Å². The molecule has 0 bridgehead atoms. The lowest BCUT2D eigenvalue weighted by atomic mass is 10.0. The van der Waals surface area contributed by atoms with Crippen LogP contribution < -0.4 is 5.73 Å². The van der Waals surface area contributed by atoms with E-state index >= 15 is 0 Å². The zero-order chi connectivity index (χ0) is 16.8. The van der Waals surface area contributed by atoms with Gasteiger partial charge in [-0.1, -0.05) is 37.6 Å². The van der Waals surface area contributed by atoms with Gasteiger partial charge in [0.25, 0.3) is 0 Å². The van der Waals surface area contributed by atoms with Crippen molar-refractivity contribution >= 4 is 11.7 Å². The first-order valence-corrected chi connectivity index (χ1v) is 8.66. The van der Waals surface area contributed by atoms with E-state index in [-0.39, 0.29) is 30.6 Å². The van der Waals surface area contributed by atoms with Crippen LogP contribution in [0.1, 0.15) is 55.5 Å². The summed E-state index contributed by atoms with van der Waals surface area (Å²) >= 11 is 0. The Bertz CT molecular complexity index is 539. The summed E-state index contributed by atoms with van der Waals surface area (Å²) in [6.45, 7) is 5.55. The minimum atomic E-state index is 0.0450. The maximum absolute atomic E-state index is 12.3. The molecule has 0 aliphatic carbocycles. The van der Waals surface area contributed by atoms with Gasteiger partial charge in [0.1, 0.15) is 0 Å². The second-order valence-corrected chi connectivity index (χ2v) is 6.60. The number of nitrogens with two attached hydrogens (primary N) is 1. The predicted octanol–water partition coefficient (Wildman–Crippen LogP) is 2.80. The molecule has 2 unspecified atom stereocenters. The lowest BCUT2D eigenvalue weighted by molar-refractivity contribution is -0.131. The summed E-state index contributed by atoms with van der Waals surface area (Å²) in [5, 5.41) is 0. The summed E-state index contributed by atoms with van der Waals surface area (Å²) in [5.74, 6) is 0.517. The molecule has 0 saturated carbocycles. The van der Waals surface area contributed by atoms with Crippen LogP contribution in [0.2, 0.25) is 0 Å². The van der Waals surface area contributed by atoms with E-state index in [0.717, 1.165) is 25.8 Å². The number of nitrogens with zero attached hydrogens (tertiary/aromatic N) is 1. The van der Waals surface area contributed by atoms with Crippen molar-refractivity contribution in [3.8, 4) is 0 Å². The largest absolute Gasteiger partial charge is 0.340 e. The molecule has 4 nitrogen and oxygen atoms in total. The summed E-state index contributed by atoms with van der Waals surface area (Å²) in [6.07, 6.45) is 3.66. The molecule has 2 atom stereocenters. The van der Waals surface area contributed by atoms with E-state index in [0.29, 0.717) is 18.0 Å². The van der Waals surface area contributed by atoms with Crippen LogP contribution in [0.25, 0.3) is 0 Å². The van der Waals surface area contributed by atoms with Gasteiger partial charge in [0.2, 0.25) is 5.91 Å². The summed E-state index contributed by atoms with van der Waals surface area (Å²) in [5.41, 5.74) is 7.65. The van der Waals surface area contributed by atoms with E-state index in [1.165, 1.54) is 5.56 Å². The van der Waals surface area contributed by atoms with Crippen LogP contribution in [0.3, 0.4) is 0 Å². The van der Waals surface area contributed by atoms with Crippen LogP contribution in [0, 0.1) is 5.92 Å². The molecule has 0 spiro atoms. The van der Waals surface area contributed by atoms with Crippen molar-refractivity contribution in [2.45, 2.75) is 52.0 Å². The van der Waals surface area contributed by atoms with Gasteiger partial charge in [-0.05, 0) is 37.8 Å². The van der Waals surface area contributed by atoms with E-state index in [2.05, 4.69) is 13.8 Å². The van der Waals surface area contributed by atoms with Gasteiger partial charge in [-0.25, -0.2) is 0 Å². The molecule has 126 valence electrons. The smallest absolute Gasteiger partial charge is 0.223 e. The quantitative estimate of drug-likeness (QED) is 0.787.